The third kappa shape index (κ3) is 7.20. The second-order valence-corrected chi connectivity index (χ2v) is 11.3. The van der Waals surface area contributed by atoms with E-state index in [4.69, 9.17) is 4.74 Å². The molecule has 2 amide bonds. The van der Waals surface area contributed by atoms with Crippen molar-refractivity contribution in [3.63, 3.8) is 0 Å². The minimum absolute atomic E-state index is 0.0213. The molecule has 3 rings (SSSR count). The van der Waals surface area contributed by atoms with Crippen LogP contribution in [0.3, 0.4) is 0 Å². The zero-order valence-electron chi connectivity index (χ0n) is 22.5. The third-order valence-corrected chi connectivity index (χ3v) is 6.01. The Hall–Kier alpha value is -3.60. The number of hydrogen-bond donors (Lipinski definition) is 1. The summed E-state index contributed by atoms with van der Waals surface area (Å²) in [6.45, 7) is 13.3. The van der Waals surface area contributed by atoms with Gasteiger partial charge in [0.1, 0.15) is 5.75 Å². The molecule has 0 atom stereocenters. The predicted octanol–water partition coefficient (Wildman–Crippen LogP) is 6.57. The Labute approximate surface area is 215 Å². The first-order chi connectivity index (χ1) is 16.8. The molecular formula is C31H38N2O3. The minimum Gasteiger partial charge on any atom is -0.483 e. The van der Waals surface area contributed by atoms with Gasteiger partial charge in [-0.2, -0.15) is 0 Å². The zero-order chi connectivity index (χ0) is 26.5. The quantitative estimate of drug-likeness (QED) is 0.411. The fourth-order valence-corrected chi connectivity index (χ4v) is 3.93. The molecule has 0 unspecified atom stereocenters. The summed E-state index contributed by atoms with van der Waals surface area (Å²) in [5.74, 6) is 0.314. The number of benzene rings is 3. The lowest BCUT2D eigenvalue weighted by atomic mass is 9.80. The molecule has 0 aliphatic rings. The Balaban J connectivity index is 1.66. The van der Waals surface area contributed by atoms with Gasteiger partial charge in [-0.15, -0.1) is 0 Å². The normalized spacial score (nSPS) is 11.6. The molecule has 3 aromatic rings. The molecule has 0 saturated carbocycles. The molecule has 0 aliphatic carbocycles. The van der Waals surface area contributed by atoms with E-state index < -0.39 is 0 Å². The summed E-state index contributed by atoms with van der Waals surface area (Å²) in [7, 11) is 1.77. The lowest BCUT2D eigenvalue weighted by molar-refractivity contribution is -0.118. The Kier molecular flexibility index (Phi) is 8.24. The number of carbonyl (C=O) groups is 2. The van der Waals surface area contributed by atoms with E-state index in [1.165, 1.54) is 5.56 Å². The molecule has 0 spiro atoms. The highest BCUT2D eigenvalue weighted by atomic mass is 16.5. The van der Waals surface area contributed by atoms with Gasteiger partial charge in [0.2, 0.25) is 0 Å². The highest BCUT2D eigenvalue weighted by Gasteiger charge is 2.23. The highest BCUT2D eigenvalue weighted by molar-refractivity contribution is 5.97. The van der Waals surface area contributed by atoms with E-state index in [0.717, 1.165) is 11.1 Å². The Bertz CT molecular complexity index is 1200. The van der Waals surface area contributed by atoms with E-state index in [1.807, 2.05) is 36.4 Å². The molecule has 0 heterocycles. The van der Waals surface area contributed by atoms with Gasteiger partial charge in [-0.05, 0) is 51.8 Å². The average Bonchev–Trinajstić information content (AvgIpc) is 2.81. The molecule has 190 valence electrons. The third-order valence-electron chi connectivity index (χ3n) is 6.01. The molecule has 0 bridgehead atoms. The lowest BCUT2D eigenvalue weighted by Gasteiger charge is -2.27. The Morgan fingerprint density at radius 1 is 0.833 bits per heavy atom. The summed E-state index contributed by atoms with van der Waals surface area (Å²) in [5.41, 5.74) is 4.31. The number of hydrogen-bond acceptors (Lipinski definition) is 3. The number of rotatable bonds is 7. The molecule has 5 heteroatoms. The van der Waals surface area contributed by atoms with E-state index >= 15 is 0 Å². The molecule has 5 nitrogen and oxygen atoms in total. The smallest absolute Gasteiger partial charge is 0.262 e. The Morgan fingerprint density at radius 2 is 1.53 bits per heavy atom. The van der Waals surface area contributed by atoms with Crippen molar-refractivity contribution in [2.45, 2.75) is 58.9 Å². The van der Waals surface area contributed by atoms with Crippen molar-refractivity contribution < 1.29 is 14.3 Å². The van der Waals surface area contributed by atoms with Crippen LogP contribution in [-0.4, -0.2) is 30.4 Å². The van der Waals surface area contributed by atoms with Crippen molar-refractivity contribution >= 4 is 17.5 Å². The number of ether oxygens (including phenoxy) is 1. The van der Waals surface area contributed by atoms with Crippen molar-refractivity contribution in [3.05, 3.63) is 95.1 Å². The van der Waals surface area contributed by atoms with Gasteiger partial charge in [-0.1, -0.05) is 90.1 Å². The second kappa shape index (κ2) is 11.0. The van der Waals surface area contributed by atoms with Crippen LogP contribution in [0.1, 0.15) is 68.6 Å². The molecule has 0 radical (unpaired) electrons. The molecule has 3 aromatic carbocycles. The first-order valence-electron chi connectivity index (χ1n) is 12.3. The molecule has 0 aliphatic heterocycles. The van der Waals surface area contributed by atoms with Gasteiger partial charge in [-0.3, -0.25) is 9.59 Å². The van der Waals surface area contributed by atoms with Gasteiger partial charge >= 0.3 is 0 Å². The first-order valence-corrected chi connectivity index (χ1v) is 12.3. The minimum atomic E-state index is -0.281. The highest BCUT2D eigenvalue weighted by Crippen LogP contribution is 2.35. The largest absolute Gasteiger partial charge is 0.483 e. The van der Waals surface area contributed by atoms with Crippen LogP contribution in [0.15, 0.2) is 72.8 Å². The van der Waals surface area contributed by atoms with Crippen molar-refractivity contribution in [1.29, 1.82) is 0 Å². The lowest BCUT2D eigenvalue weighted by Crippen LogP contribution is -2.26. The summed E-state index contributed by atoms with van der Waals surface area (Å²) < 4.78 is 5.96. The number of carbonyl (C=O) groups excluding carboxylic acids is 2. The van der Waals surface area contributed by atoms with E-state index in [-0.39, 0.29) is 29.3 Å². The van der Waals surface area contributed by atoms with Gasteiger partial charge in [-0.25, -0.2) is 0 Å². The maximum atomic E-state index is 12.9. The van der Waals surface area contributed by atoms with Crippen LogP contribution in [0, 0.1) is 0 Å². The van der Waals surface area contributed by atoms with Crippen LogP contribution in [-0.2, 0) is 22.2 Å². The molecule has 1 N–H and O–H groups in total. The van der Waals surface area contributed by atoms with Gasteiger partial charge in [0, 0.05) is 24.8 Å². The van der Waals surface area contributed by atoms with Crippen molar-refractivity contribution in [1.82, 2.24) is 4.90 Å². The molecule has 0 aromatic heterocycles. The standard InChI is InChI=1S/C31H38N2O3/c1-30(2,3)24-16-17-27(26(19-24)31(4,5)6)36-21-28(34)32-25-15-11-14-23(18-25)29(35)33(7)20-22-12-9-8-10-13-22/h8-19H,20-21H2,1-7H3,(H,32,34). The number of amides is 2. The van der Waals surface area contributed by atoms with Gasteiger partial charge < -0.3 is 15.0 Å². The summed E-state index contributed by atoms with van der Waals surface area (Å²) in [4.78, 5) is 27.3. The van der Waals surface area contributed by atoms with Crippen LogP contribution < -0.4 is 10.1 Å². The zero-order valence-corrected chi connectivity index (χ0v) is 22.5. The first kappa shape index (κ1) is 27.0. The van der Waals surface area contributed by atoms with Crippen molar-refractivity contribution in [2.75, 3.05) is 19.0 Å². The van der Waals surface area contributed by atoms with Crippen LogP contribution in [0.4, 0.5) is 5.69 Å². The van der Waals surface area contributed by atoms with Gasteiger partial charge in [0.25, 0.3) is 11.8 Å². The second-order valence-electron chi connectivity index (χ2n) is 11.3. The number of nitrogens with one attached hydrogen (secondary N) is 1. The summed E-state index contributed by atoms with van der Waals surface area (Å²) >= 11 is 0. The topological polar surface area (TPSA) is 58.6 Å². The summed E-state index contributed by atoms with van der Waals surface area (Å²) in [6, 6.07) is 23.0. The van der Waals surface area contributed by atoms with E-state index in [0.29, 0.717) is 23.5 Å². The van der Waals surface area contributed by atoms with Crippen LogP contribution in [0.2, 0.25) is 0 Å². The van der Waals surface area contributed by atoms with Crippen LogP contribution in [0.25, 0.3) is 0 Å². The number of anilines is 1. The van der Waals surface area contributed by atoms with Crippen molar-refractivity contribution in [2.24, 2.45) is 0 Å². The fraction of sp³-hybridized carbons (Fsp3) is 0.355. The maximum Gasteiger partial charge on any atom is 0.262 e. The average molecular weight is 487 g/mol. The molecule has 0 fully saturated rings. The molecule has 0 saturated heterocycles. The molecular weight excluding hydrogens is 448 g/mol. The van der Waals surface area contributed by atoms with Gasteiger partial charge in [0.05, 0.1) is 0 Å². The van der Waals surface area contributed by atoms with Crippen molar-refractivity contribution in [3.8, 4) is 5.75 Å². The number of nitrogens with zero attached hydrogens (tertiary/aromatic N) is 1. The Morgan fingerprint density at radius 3 is 2.17 bits per heavy atom. The fourth-order valence-electron chi connectivity index (χ4n) is 3.93. The van der Waals surface area contributed by atoms with E-state index in [1.54, 1.807) is 36.2 Å². The van der Waals surface area contributed by atoms with E-state index in [2.05, 4.69) is 59.0 Å². The predicted molar refractivity (Wildman–Crippen MR) is 147 cm³/mol. The van der Waals surface area contributed by atoms with E-state index in [9.17, 15) is 9.59 Å². The monoisotopic (exact) mass is 486 g/mol. The maximum absolute atomic E-state index is 12.9. The molecule has 36 heavy (non-hydrogen) atoms. The van der Waals surface area contributed by atoms with Gasteiger partial charge in [0.15, 0.2) is 6.61 Å². The summed E-state index contributed by atoms with van der Waals surface area (Å²) in [6.07, 6.45) is 0. The summed E-state index contributed by atoms with van der Waals surface area (Å²) in [5, 5.41) is 2.86. The van der Waals surface area contributed by atoms with Crippen LogP contribution >= 0.6 is 0 Å². The van der Waals surface area contributed by atoms with Crippen LogP contribution in [0.5, 0.6) is 5.75 Å². The SMILES string of the molecule is CN(Cc1ccccc1)C(=O)c1cccc(NC(=O)COc2ccc(C(C)(C)C)cc2C(C)(C)C)c1.